The number of esters is 2. The number of carbonyl (C=O) groups is 2. The van der Waals surface area contributed by atoms with Gasteiger partial charge in [-0.25, -0.2) is 0 Å². The van der Waals surface area contributed by atoms with Gasteiger partial charge in [0.2, 0.25) is 0 Å². The molecule has 0 aromatic heterocycles. The summed E-state index contributed by atoms with van der Waals surface area (Å²) in [6, 6.07) is 0. The molecule has 0 bridgehead atoms. The Morgan fingerprint density at radius 1 is 1.36 bits per heavy atom. The Kier molecular flexibility index (Phi) is 2.74. The maximum atomic E-state index is 11.5. The maximum absolute atomic E-state index is 11.5. The van der Waals surface area contributed by atoms with E-state index in [1.165, 1.54) is 14.2 Å². The molecule has 4 nitrogen and oxygen atoms in total. The summed E-state index contributed by atoms with van der Waals surface area (Å²) in [4.78, 5) is 23.0. The number of hydrogen-bond acceptors (Lipinski definition) is 4. The van der Waals surface area contributed by atoms with E-state index in [1.54, 1.807) is 12.2 Å². The fraction of sp³-hybridized carbons (Fsp3) is 0.400. The standard InChI is InChI=1S/C10H12O4/c1-7-5-4-6-10(7,8(11)13-2)9(12)14-3/h4-5H,1,6H2,2-3H3. The quantitative estimate of drug-likeness (QED) is 0.485. The molecule has 76 valence electrons. The van der Waals surface area contributed by atoms with Crippen LogP contribution in [0, 0.1) is 5.41 Å². The first-order valence-electron chi connectivity index (χ1n) is 4.12. The molecule has 0 radical (unpaired) electrons. The van der Waals surface area contributed by atoms with Crippen molar-refractivity contribution in [3.05, 3.63) is 24.3 Å². The molecular weight excluding hydrogens is 184 g/mol. The van der Waals surface area contributed by atoms with Crippen molar-refractivity contribution >= 4 is 11.9 Å². The monoisotopic (exact) mass is 196 g/mol. The van der Waals surface area contributed by atoms with Gasteiger partial charge in [-0.15, -0.1) is 0 Å². The Balaban J connectivity index is 3.10. The van der Waals surface area contributed by atoms with Gasteiger partial charge >= 0.3 is 11.9 Å². The summed E-state index contributed by atoms with van der Waals surface area (Å²) in [5.41, 5.74) is -0.944. The highest BCUT2D eigenvalue weighted by Gasteiger charge is 2.51. The first-order valence-corrected chi connectivity index (χ1v) is 4.12. The average molecular weight is 196 g/mol. The minimum Gasteiger partial charge on any atom is -0.468 e. The van der Waals surface area contributed by atoms with Crippen LogP contribution >= 0.6 is 0 Å². The minimum absolute atomic E-state index is 0.255. The molecule has 0 saturated carbocycles. The number of rotatable bonds is 2. The van der Waals surface area contributed by atoms with Gasteiger partial charge in [-0.3, -0.25) is 9.59 Å². The van der Waals surface area contributed by atoms with Gasteiger partial charge in [-0.05, 0) is 12.0 Å². The molecule has 14 heavy (non-hydrogen) atoms. The lowest BCUT2D eigenvalue weighted by atomic mass is 9.82. The third kappa shape index (κ3) is 1.23. The van der Waals surface area contributed by atoms with E-state index in [2.05, 4.69) is 16.1 Å². The smallest absolute Gasteiger partial charge is 0.328 e. The molecule has 0 heterocycles. The molecule has 4 heteroatoms. The van der Waals surface area contributed by atoms with Crippen molar-refractivity contribution in [1.29, 1.82) is 0 Å². The summed E-state index contributed by atoms with van der Waals surface area (Å²) in [6.07, 6.45) is 3.59. The van der Waals surface area contributed by atoms with E-state index in [4.69, 9.17) is 0 Å². The van der Waals surface area contributed by atoms with E-state index >= 15 is 0 Å². The zero-order valence-electron chi connectivity index (χ0n) is 8.20. The van der Waals surface area contributed by atoms with Crippen molar-refractivity contribution in [1.82, 2.24) is 0 Å². The largest absolute Gasteiger partial charge is 0.468 e. The molecule has 0 fully saturated rings. The third-order valence-electron chi connectivity index (χ3n) is 2.36. The molecule has 1 rings (SSSR count). The number of methoxy groups -OCH3 is 2. The van der Waals surface area contributed by atoms with Gasteiger partial charge in [0.15, 0.2) is 5.41 Å². The summed E-state index contributed by atoms with van der Waals surface area (Å²) in [7, 11) is 2.47. The lowest BCUT2D eigenvalue weighted by Gasteiger charge is -2.23. The van der Waals surface area contributed by atoms with Gasteiger partial charge in [0, 0.05) is 0 Å². The summed E-state index contributed by atoms with van der Waals surface area (Å²) in [5.74, 6) is -1.25. The molecule has 0 N–H and O–H groups in total. The molecule has 0 atom stereocenters. The number of hydrogen-bond donors (Lipinski definition) is 0. The zero-order chi connectivity index (χ0) is 10.8. The van der Waals surface area contributed by atoms with Gasteiger partial charge in [0.25, 0.3) is 0 Å². The predicted molar refractivity (Wildman–Crippen MR) is 49.4 cm³/mol. The van der Waals surface area contributed by atoms with Gasteiger partial charge in [0.1, 0.15) is 0 Å². The van der Waals surface area contributed by atoms with Crippen molar-refractivity contribution in [2.24, 2.45) is 5.41 Å². The second-order valence-electron chi connectivity index (χ2n) is 3.02. The summed E-state index contributed by atoms with van der Waals surface area (Å²) in [6.45, 7) is 3.66. The normalized spacial score (nSPS) is 18.0. The highest BCUT2D eigenvalue weighted by molar-refractivity contribution is 6.05. The van der Waals surface area contributed by atoms with E-state index in [0.29, 0.717) is 5.57 Å². The summed E-state index contributed by atoms with van der Waals surface area (Å²) >= 11 is 0. The molecule has 0 spiro atoms. The van der Waals surface area contributed by atoms with Crippen LogP contribution < -0.4 is 0 Å². The topological polar surface area (TPSA) is 52.6 Å². The van der Waals surface area contributed by atoms with Crippen LogP contribution in [-0.4, -0.2) is 26.2 Å². The Morgan fingerprint density at radius 3 is 2.14 bits per heavy atom. The molecule has 0 aliphatic heterocycles. The maximum Gasteiger partial charge on any atom is 0.328 e. The lowest BCUT2D eigenvalue weighted by Crippen LogP contribution is -2.40. The summed E-state index contributed by atoms with van der Waals surface area (Å²) in [5, 5.41) is 0. The van der Waals surface area contributed by atoms with Crippen LogP contribution in [0.1, 0.15) is 6.42 Å². The fourth-order valence-corrected chi connectivity index (χ4v) is 1.51. The van der Waals surface area contributed by atoms with Crippen LogP contribution in [0.4, 0.5) is 0 Å². The van der Waals surface area contributed by atoms with E-state index in [0.717, 1.165) is 0 Å². The van der Waals surface area contributed by atoms with Crippen molar-refractivity contribution in [2.75, 3.05) is 14.2 Å². The van der Waals surface area contributed by atoms with Crippen molar-refractivity contribution < 1.29 is 19.1 Å². The van der Waals surface area contributed by atoms with E-state index in [-0.39, 0.29) is 6.42 Å². The Bertz CT molecular complexity index is 298. The molecule has 0 aromatic carbocycles. The molecule has 0 saturated heterocycles. The van der Waals surface area contributed by atoms with Gasteiger partial charge in [-0.2, -0.15) is 0 Å². The van der Waals surface area contributed by atoms with Crippen LogP contribution in [0.3, 0.4) is 0 Å². The number of carbonyl (C=O) groups excluding carboxylic acids is 2. The second-order valence-corrected chi connectivity index (χ2v) is 3.02. The second kappa shape index (κ2) is 3.65. The van der Waals surface area contributed by atoms with Crippen LogP contribution in [0.25, 0.3) is 0 Å². The highest BCUT2D eigenvalue weighted by atomic mass is 16.5. The van der Waals surface area contributed by atoms with Crippen molar-refractivity contribution in [2.45, 2.75) is 6.42 Å². The average Bonchev–Trinajstić information content (AvgIpc) is 2.59. The lowest BCUT2D eigenvalue weighted by molar-refractivity contribution is -0.165. The van der Waals surface area contributed by atoms with E-state index < -0.39 is 17.4 Å². The summed E-state index contributed by atoms with van der Waals surface area (Å²) < 4.78 is 9.18. The molecule has 1 aliphatic carbocycles. The van der Waals surface area contributed by atoms with Gasteiger partial charge in [0.05, 0.1) is 14.2 Å². The Morgan fingerprint density at radius 2 is 1.86 bits per heavy atom. The highest BCUT2D eigenvalue weighted by Crippen LogP contribution is 2.39. The third-order valence-corrected chi connectivity index (χ3v) is 2.36. The number of allylic oxidation sites excluding steroid dienone is 2. The first kappa shape index (κ1) is 10.5. The van der Waals surface area contributed by atoms with Crippen LogP contribution in [0.2, 0.25) is 0 Å². The fourth-order valence-electron chi connectivity index (χ4n) is 1.51. The van der Waals surface area contributed by atoms with E-state index in [9.17, 15) is 9.59 Å². The van der Waals surface area contributed by atoms with Crippen LogP contribution in [0.5, 0.6) is 0 Å². The van der Waals surface area contributed by atoms with Crippen LogP contribution in [0.15, 0.2) is 24.3 Å². The van der Waals surface area contributed by atoms with Crippen molar-refractivity contribution in [3.8, 4) is 0 Å². The predicted octanol–water partition coefficient (Wildman–Crippen LogP) is 0.835. The molecule has 0 amide bonds. The Hall–Kier alpha value is -1.58. The zero-order valence-corrected chi connectivity index (χ0v) is 8.20. The molecule has 1 aliphatic rings. The minimum atomic E-state index is -1.36. The van der Waals surface area contributed by atoms with Crippen molar-refractivity contribution in [3.63, 3.8) is 0 Å². The van der Waals surface area contributed by atoms with Gasteiger partial charge in [-0.1, -0.05) is 18.7 Å². The molecular formula is C10H12O4. The van der Waals surface area contributed by atoms with E-state index in [1.807, 2.05) is 0 Å². The van der Waals surface area contributed by atoms with Gasteiger partial charge < -0.3 is 9.47 Å². The molecule has 0 aromatic rings. The van der Waals surface area contributed by atoms with Crippen LogP contribution in [-0.2, 0) is 19.1 Å². The number of ether oxygens (including phenoxy) is 2. The first-order chi connectivity index (χ1) is 6.59. The SMILES string of the molecule is C=C1C=CCC1(C(=O)OC)C(=O)OC. The Labute approximate surface area is 82.2 Å². The molecule has 0 unspecified atom stereocenters.